The molecule has 17 heavy (non-hydrogen) atoms. The number of amides is 1. The maximum Gasteiger partial charge on any atom is 0.224 e. The summed E-state index contributed by atoms with van der Waals surface area (Å²) >= 11 is 0. The van der Waals surface area contributed by atoms with E-state index in [9.17, 15) is 4.79 Å². The SMILES string of the molecule is Cc1cccc(CC(=O)NCc2cocn2)c1. The fraction of sp³-hybridized carbons (Fsp3) is 0.231. The zero-order valence-corrected chi connectivity index (χ0v) is 9.64. The van der Waals surface area contributed by atoms with Crippen LogP contribution in [0.4, 0.5) is 0 Å². The predicted molar refractivity (Wildman–Crippen MR) is 63.2 cm³/mol. The molecule has 1 amide bonds. The number of oxazole rings is 1. The molecule has 0 fully saturated rings. The molecule has 4 nitrogen and oxygen atoms in total. The number of hydrogen-bond acceptors (Lipinski definition) is 3. The normalized spacial score (nSPS) is 10.2. The van der Waals surface area contributed by atoms with E-state index in [-0.39, 0.29) is 5.91 Å². The Bertz CT molecular complexity index is 492. The van der Waals surface area contributed by atoms with E-state index in [4.69, 9.17) is 4.42 Å². The molecule has 0 aliphatic heterocycles. The van der Waals surface area contributed by atoms with E-state index in [0.29, 0.717) is 13.0 Å². The van der Waals surface area contributed by atoms with Crippen LogP contribution in [0.5, 0.6) is 0 Å². The van der Waals surface area contributed by atoms with Gasteiger partial charge in [0.25, 0.3) is 0 Å². The standard InChI is InChI=1S/C13H14N2O2/c1-10-3-2-4-11(5-10)6-13(16)14-7-12-8-17-9-15-12/h2-5,8-9H,6-7H2,1H3,(H,14,16). The van der Waals surface area contributed by atoms with Crippen molar-refractivity contribution in [2.45, 2.75) is 19.9 Å². The summed E-state index contributed by atoms with van der Waals surface area (Å²) in [6, 6.07) is 7.92. The molecule has 0 saturated carbocycles. The van der Waals surface area contributed by atoms with Crippen LogP contribution in [0.2, 0.25) is 0 Å². The van der Waals surface area contributed by atoms with Gasteiger partial charge in [-0.15, -0.1) is 0 Å². The lowest BCUT2D eigenvalue weighted by Crippen LogP contribution is -2.24. The summed E-state index contributed by atoms with van der Waals surface area (Å²) in [6.45, 7) is 2.41. The van der Waals surface area contributed by atoms with Crippen molar-refractivity contribution in [1.29, 1.82) is 0 Å². The van der Waals surface area contributed by atoms with Crippen molar-refractivity contribution in [3.63, 3.8) is 0 Å². The number of nitrogens with zero attached hydrogens (tertiary/aromatic N) is 1. The van der Waals surface area contributed by atoms with Crippen LogP contribution in [0, 0.1) is 6.92 Å². The van der Waals surface area contributed by atoms with Crippen molar-refractivity contribution in [1.82, 2.24) is 10.3 Å². The fourth-order valence-electron chi connectivity index (χ4n) is 1.58. The first-order valence-electron chi connectivity index (χ1n) is 5.43. The molecular formula is C13H14N2O2. The van der Waals surface area contributed by atoms with Crippen LogP contribution in [-0.4, -0.2) is 10.9 Å². The Balaban J connectivity index is 1.85. The van der Waals surface area contributed by atoms with E-state index in [1.807, 2.05) is 31.2 Å². The average molecular weight is 230 g/mol. The summed E-state index contributed by atoms with van der Waals surface area (Å²) < 4.78 is 4.82. The van der Waals surface area contributed by atoms with Crippen molar-refractivity contribution in [2.24, 2.45) is 0 Å². The number of aryl methyl sites for hydroxylation is 1. The molecule has 0 saturated heterocycles. The minimum atomic E-state index is -0.0152. The summed E-state index contributed by atoms with van der Waals surface area (Å²) in [7, 11) is 0. The van der Waals surface area contributed by atoms with Crippen molar-refractivity contribution in [2.75, 3.05) is 0 Å². The quantitative estimate of drug-likeness (QED) is 0.872. The van der Waals surface area contributed by atoms with Gasteiger partial charge in [0.1, 0.15) is 6.26 Å². The Hall–Kier alpha value is -2.10. The first kappa shape index (κ1) is 11.4. The van der Waals surface area contributed by atoms with Gasteiger partial charge in [0.15, 0.2) is 6.39 Å². The van der Waals surface area contributed by atoms with Gasteiger partial charge in [0.05, 0.1) is 18.7 Å². The Morgan fingerprint density at radius 2 is 2.35 bits per heavy atom. The summed E-state index contributed by atoms with van der Waals surface area (Å²) in [5.41, 5.74) is 2.90. The molecule has 0 bridgehead atoms. The fourth-order valence-corrected chi connectivity index (χ4v) is 1.58. The third kappa shape index (κ3) is 3.45. The van der Waals surface area contributed by atoms with Crippen LogP contribution in [0.25, 0.3) is 0 Å². The van der Waals surface area contributed by atoms with Gasteiger partial charge in [-0.3, -0.25) is 4.79 Å². The van der Waals surface area contributed by atoms with Gasteiger partial charge >= 0.3 is 0 Å². The molecule has 0 aliphatic rings. The second-order valence-electron chi connectivity index (χ2n) is 3.92. The highest BCUT2D eigenvalue weighted by atomic mass is 16.3. The second-order valence-corrected chi connectivity index (χ2v) is 3.92. The Kier molecular flexibility index (Phi) is 3.55. The van der Waals surface area contributed by atoms with E-state index in [1.165, 1.54) is 12.7 Å². The largest absolute Gasteiger partial charge is 0.451 e. The van der Waals surface area contributed by atoms with Crippen LogP contribution >= 0.6 is 0 Å². The predicted octanol–water partition coefficient (Wildman–Crippen LogP) is 1.84. The van der Waals surface area contributed by atoms with Gasteiger partial charge in [0.2, 0.25) is 5.91 Å². The maximum atomic E-state index is 11.6. The highest BCUT2D eigenvalue weighted by Gasteiger charge is 2.04. The number of nitrogens with one attached hydrogen (secondary N) is 1. The third-order valence-corrected chi connectivity index (χ3v) is 2.40. The number of hydrogen-bond donors (Lipinski definition) is 1. The summed E-state index contributed by atoms with van der Waals surface area (Å²) in [6.07, 6.45) is 3.26. The molecule has 2 rings (SSSR count). The smallest absolute Gasteiger partial charge is 0.224 e. The van der Waals surface area contributed by atoms with E-state index in [0.717, 1.165) is 16.8 Å². The summed E-state index contributed by atoms with van der Waals surface area (Å²) in [5, 5.41) is 2.79. The van der Waals surface area contributed by atoms with E-state index in [1.54, 1.807) is 0 Å². The molecule has 2 aromatic rings. The first-order valence-corrected chi connectivity index (χ1v) is 5.43. The molecule has 1 aromatic heterocycles. The van der Waals surface area contributed by atoms with Gasteiger partial charge in [0, 0.05) is 0 Å². The van der Waals surface area contributed by atoms with Crippen molar-refractivity contribution in [3.8, 4) is 0 Å². The van der Waals surface area contributed by atoms with Gasteiger partial charge in [-0.2, -0.15) is 0 Å². The molecule has 0 unspecified atom stereocenters. The summed E-state index contributed by atoms with van der Waals surface area (Å²) in [4.78, 5) is 15.6. The number of carbonyl (C=O) groups is 1. The van der Waals surface area contributed by atoms with Gasteiger partial charge in [-0.1, -0.05) is 29.8 Å². The molecule has 4 heteroatoms. The first-order chi connectivity index (χ1) is 8.24. The van der Waals surface area contributed by atoms with Crippen LogP contribution in [0.1, 0.15) is 16.8 Å². The molecule has 0 aliphatic carbocycles. The second kappa shape index (κ2) is 5.30. The van der Waals surface area contributed by atoms with Crippen LogP contribution < -0.4 is 5.32 Å². The Labute approximate surface area is 99.7 Å². The van der Waals surface area contributed by atoms with Crippen LogP contribution in [0.15, 0.2) is 41.3 Å². The maximum absolute atomic E-state index is 11.6. The Morgan fingerprint density at radius 1 is 1.47 bits per heavy atom. The molecule has 0 radical (unpaired) electrons. The highest BCUT2D eigenvalue weighted by Crippen LogP contribution is 2.04. The van der Waals surface area contributed by atoms with E-state index >= 15 is 0 Å². The van der Waals surface area contributed by atoms with Crippen LogP contribution in [-0.2, 0) is 17.8 Å². The van der Waals surface area contributed by atoms with Crippen molar-refractivity contribution < 1.29 is 9.21 Å². The van der Waals surface area contributed by atoms with Crippen molar-refractivity contribution >= 4 is 5.91 Å². The minimum Gasteiger partial charge on any atom is -0.451 e. The third-order valence-electron chi connectivity index (χ3n) is 2.40. The minimum absolute atomic E-state index is 0.0152. The lowest BCUT2D eigenvalue weighted by atomic mass is 10.1. The molecule has 0 atom stereocenters. The number of benzene rings is 1. The van der Waals surface area contributed by atoms with E-state index < -0.39 is 0 Å². The highest BCUT2D eigenvalue weighted by molar-refractivity contribution is 5.78. The zero-order chi connectivity index (χ0) is 12.1. The molecule has 88 valence electrons. The molecular weight excluding hydrogens is 216 g/mol. The van der Waals surface area contributed by atoms with Gasteiger partial charge in [-0.25, -0.2) is 4.98 Å². The van der Waals surface area contributed by atoms with E-state index in [2.05, 4.69) is 10.3 Å². The van der Waals surface area contributed by atoms with Crippen LogP contribution in [0.3, 0.4) is 0 Å². The Morgan fingerprint density at radius 3 is 3.06 bits per heavy atom. The zero-order valence-electron chi connectivity index (χ0n) is 9.64. The average Bonchev–Trinajstić information content (AvgIpc) is 2.79. The van der Waals surface area contributed by atoms with Gasteiger partial charge in [-0.05, 0) is 12.5 Å². The lowest BCUT2D eigenvalue weighted by Gasteiger charge is -2.04. The monoisotopic (exact) mass is 230 g/mol. The topological polar surface area (TPSA) is 55.1 Å². The lowest BCUT2D eigenvalue weighted by molar-refractivity contribution is -0.120. The number of carbonyl (C=O) groups excluding carboxylic acids is 1. The molecule has 1 aromatic carbocycles. The number of rotatable bonds is 4. The number of aromatic nitrogens is 1. The van der Waals surface area contributed by atoms with Gasteiger partial charge < -0.3 is 9.73 Å². The van der Waals surface area contributed by atoms with Crippen molar-refractivity contribution in [3.05, 3.63) is 53.7 Å². The summed E-state index contributed by atoms with van der Waals surface area (Å²) in [5.74, 6) is -0.0152. The molecule has 1 N–H and O–H groups in total. The molecule has 0 spiro atoms. The molecule has 1 heterocycles.